The van der Waals surface area contributed by atoms with E-state index in [-0.39, 0.29) is 6.61 Å². The lowest BCUT2D eigenvalue weighted by Crippen LogP contribution is -2.38. The Morgan fingerprint density at radius 1 is 1.25 bits per heavy atom. The lowest BCUT2D eigenvalue weighted by Gasteiger charge is -2.34. The lowest BCUT2D eigenvalue weighted by molar-refractivity contribution is 0.0422. The average molecular weight is 277 g/mol. The van der Waals surface area contributed by atoms with Crippen LogP contribution in [0, 0.1) is 5.92 Å². The zero-order valence-corrected chi connectivity index (χ0v) is 12.5. The first-order chi connectivity index (χ1) is 9.79. The van der Waals surface area contributed by atoms with Crippen LogP contribution >= 0.6 is 0 Å². The van der Waals surface area contributed by atoms with E-state index < -0.39 is 0 Å². The quantitative estimate of drug-likeness (QED) is 0.832. The fourth-order valence-corrected chi connectivity index (χ4v) is 2.85. The Labute approximate surface area is 122 Å². The Morgan fingerprint density at radius 2 is 1.95 bits per heavy atom. The molecule has 3 heteroatoms. The van der Waals surface area contributed by atoms with E-state index in [2.05, 4.69) is 42.2 Å². The molecule has 0 aromatic heterocycles. The molecule has 1 aromatic carbocycles. The van der Waals surface area contributed by atoms with E-state index in [0.717, 1.165) is 51.5 Å². The molecule has 1 fully saturated rings. The highest BCUT2D eigenvalue weighted by Crippen LogP contribution is 2.20. The Bertz CT molecular complexity index is 363. The van der Waals surface area contributed by atoms with Gasteiger partial charge in [0, 0.05) is 39.0 Å². The van der Waals surface area contributed by atoms with Gasteiger partial charge in [-0.3, -0.25) is 4.90 Å². The Kier molecular flexibility index (Phi) is 6.51. The number of hydrogen-bond acceptors (Lipinski definition) is 3. The van der Waals surface area contributed by atoms with Crippen molar-refractivity contribution in [2.75, 3.05) is 26.4 Å². The van der Waals surface area contributed by atoms with Crippen LogP contribution in [-0.4, -0.2) is 42.4 Å². The molecule has 1 N–H and O–H groups in total. The van der Waals surface area contributed by atoms with Gasteiger partial charge in [0.2, 0.25) is 0 Å². The molecule has 1 aliphatic rings. The van der Waals surface area contributed by atoms with Crippen LogP contribution in [0.4, 0.5) is 0 Å². The predicted molar refractivity (Wildman–Crippen MR) is 81.6 cm³/mol. The van der Waals surface area contributed by atoms with Crippen molar-refractivity contribution in [3.8, 4) is 0 Å². The van der Waals surface area contributed by atoms with Crippen LogP contribution < -0.4 is 0 Å². The topological polar surface area (TPSA) is 32.7 Å². The second kappa shape index (κ2) is 8.40. The van der Waals surface area contributed by atoms with E-state index in [1.54, 1.807) is 0 Å². The van der Waals surface area contributed by atoms with Crippen molar-refractivity contribution < 1.29 is 9.84 Å². The van der Waals surface area contributed by atoms with Gasteiger partial charge in [0.25, 0.3) is 0 Å². The maximum Gasteiger partial charge on any atom is 0.0469 e. The average Bonchev–Trinajstić information content (AvgIpc) is 2.49. The molecule has 20 heavy (non-hydrogen) atoms. The smallest absolute Gasteiger partial charge is 0.0469 e. The first kappa shape index (κ1) is 15.5. The van der Waals surface area contributed by atoms with E-state index in [1.807, 2.05) is 0 Å². The zero-order valence-electron chi connectivity index (χ0n) is 12.5. The number of ether oxygens (including phenoxy) is 1. The van der Waals surface area contributed by atoms with Gasteiger partial charge in [-0.05, 0) is 37.7 Å². The van der Waals surface area contributed by atoms with Crippen LogP contribution in [0.1, 0.15) is 31.7 Å². The first-order valence-corrected chi connectivity index (χ1v) is 7.76. The Balaban J connectivity index is 1.96. The summed E-state index contributed by atoms with van der Waals surface area (Å²) >= 11 is 0. The molecule has 0 amide bonds. The van der Waals surface area contributed by atoms with E-state index in [4.69, 9.17) is 4.74 Å². The Hall–Kier alpha value is -0.900. The van der Waals surface area contributed by atoms with Gasteiger partial charge in [-0.15, -0.1) is 0 Å². The summed E-state index contributed by atoms with van der Waals surface area (Å²) in [4.78, 5) is 2.52. The van der Waals surface area contributed by atoms with Crippen LogP contribution in [-0.2, 0) is 11.3 Å². The first-order valence-electron chi connectivity index (χ1n) is 7.76. The van der Waals surface area contributed by atoms with Crippen LogP contribution in [0.25, 0.3) is 0 Å². The summed E-state index contributed by atoms with van der Waals surface area (Å²) < 4.78 is 5.45. The molecule has 1 aromatic rings. The number of aliphatic hydroxyl groups is 1. The highest BCUT2D eigenvalue weighted by Gasteiger charge is 2.21. The number of hydrogen-bond donors (Lipinski definition) is 1. The molecule has 0 aliphatic carbocycles. The second-order valence-corrected chi connectivity index (χ2v) is 5.83. The minimum Gasteiger partial charge on any atom is -0.396 e. The zero-order chi connectivity index (χ0) is 14.2. The number of aliphatic hydroxyl groups excluding tert-OH is 1. The van der Waals surface area contributed by atoms with Crippen molar-refractivity contribution in [3.63, 3.8) is 0 Å². The van der Waals surface area contributed by atoms with Crippen molar-refractivity contribution in [2.45, 2.75) is 38.8 Å². The van der Waals surface area contributed by atoms with Crippen molar-refractivity contribution in [1.29, 1.82) is 0 Å². The molecule has 0 saturated carbocycles. The molecule has 1 saturated heterocycles. The van der Waals surface area contributed by atoms with Gasteiger partial charge >= 0.3 is 0 Å². The third-order valence-electron chi connectivity index (χ3n) is 4.23. The molecule has 1 heterocycles. The maximum absolute atomic E-state index is 9.21. The fraction of sp³-hybridized carbons (Fsp3) is 0.647. The third kappa shape index (κ3) is 4.89. The largest absolute Gasteiger partial charge is 0.396 e. The fourth-order valence-electron chi connectivity index (χ4n) is 2.85. The van der Waals surface area contributed by atoms with Gasteiger partial charge in [-0.2, -0.15) is 0 Å². The predicted octanol–water partition coefficient (Wildman–Crippen LogP) is 2.69. The Morgan fingerprint density at radius 3 is 2.60 bits per heavy atom. The third-order valence-corrected chi connectivity index (χ3v) is 4.23. The van der Waals surface area contributed by atoms with Gasteiger partial charge in [0.1, 0.15) is 0 Å². The molecular formula is C17H27NO2. The summed E-state index contributed by atoms with van der Waals surface area (Å²) in [6, 6.07) is 11.0. The highest BCUT2D eigenvalue weighted by atomic mass is 16.5. The number of benzene rings is 1. The van der Waals surface area contributed by atoms with Crippen LogP contribution in [0.5, 0.6) is 0 Å². The van der Waals surface area contributed by atoms with Gasteiger partial charge in [0.05, 0.1) is 0 Å². The van der Waals surface area contributed by atoms with Crippen molar-refractivity contribution in [2.24, 2.45) is 5.92 Å². The van der Waals surface area contributed by atoms with Gasteiger partial charge < -0.3 is 9.84 Å². The summed E-state index contributed by atoms with van der Waals surface area (Å²) in [5.41, 5.74) is 1.35. The normalized spacial score (nSPS) is 18.4. The van der Waals surface area contributed by atoms with Gasteiger partial charge in [-0.1, -0.05) is 30.3 Å². The molecule has 0 spiro atoms. The minimum atomic E-state index is 0.264. The van der Waals surface area contributed by atoms with E-state index in [0.29, 0.717) is 6.04 Å². The van der Waals surface area contributed by atoms with E-state index >= 15 is 0 Å². The standard InChI is InChI=1S/C17H27NO2/c1-15(7-10-19)18(13-16-5-3-2-4-6-16)14-17-8-11-20-12-9-17/h2-6,15,17,19H,7-14H2,1H3. The van der Waals surface area contributed by atoms with Crippen LogP contribution in [0.2, 0.25) is 0 Å². The lowest BCUT2D eigenvalue weighted by atomic mass is 9.98. The molecule has 3 nitrogen and oxygen atoms in total. The summed E-state index contributed by atoms with van der Waals surface area (Å²) in [6.07, 6.45) is 3.17. The molecule has 1 aliphatic heterocycles. The van der Waals surface area contributed by atoms with Crippen molar-refractivity contribution in [3.05, 3.63) is 35.9 Å². The van der Waals surface area contributed by atoms with Crippen molar-refractivity contribution in [1.82, 2.24) is 4.90 Å². The van der Waals surface area contributed by atoms with Gasteiger partial charge in [0.15, 0.2) is 0 Å². The molecule has 2 rings (SSSR count). The summed E-state index contributed by atoms with van der Waals surface area (Å²) in [5.74, 6) is 0.730. The van der Waals surface area contributed by atoms with E-state index in [1.165, 1.54) is 5.56 Å². The van der Waals surface area contributed by atoms with Gasteiger partial charge in [-0.25, -0.2) is 0 Å². The van der Waals surface area contributed by atoms with E-state index in [9.17, 15) is 5.11 Å². The SMILES string of the molecule is CC(CCO)N(Cc1ccccc1)CC1CCOCC1. The summed E-state index contributed by atoms with van der Waals surface area (Å²) in [6.45, 7) is 6.37. The number of rotatable bonds is 7. The summed E-state index contributed by atoms with van der Waals surface area (Å²) in [7, 11) is 0. The molecule has 0 bridgehead atoms. The number of nitrogens with zero attached hydrogens (tertiary/aromatic N) is 1. The molecular weight excluding hydrogens is 250 g/mol. The van der Waals surface area contributed by atoms with Crippen LogP contribution in [0.3, 0.4) is 0 Å². The van der Waals surface area contributed by atoms with Crippen molar-refractivity contribution >= 4 is 0 Å². The maximum atomic E-state index is 9.21. The molecule has 1 unspecified atom stereocenters. The minimum absolute atomic E-state index is 0.264. The highest BCUT2D eigenvalue weighted by molar-refractivity contribution is 5.14. The summed E-state index contributed by atoms with van der Waals surface area (Å²) in [5, 5.41) is 9.21. The molecule has 112 valence electrons. The second-order valence-electron chi connectivity index (χ2n) is 5.83. The van der Waals surface area contributed by atoms with Crippen LogP contribution in [0.15, 0.2) is 30.3 Å². The molecule has 0 radical (unpaired) electrons. The monoisotopic (exact) mass is 277 g/mol. The molecule has 1 atom stereocenters.